The lowest BCUT2D eigenvalue weighted by Gasteiger charge is -2.12. The molecule has 0 aliphatic rings. The van der Waals surface area contributed by atoms with Crippen LogP contribution in [0.3, 0.4) is 0 Å². The smallest absolute Gasteiger partial charge is 0.164 e. The zero-order valence-electron chi connectivity index (χ0n) is 18.5. The lowest BCUT2D eigenvalue weighted by Crippen LogP contribution is -2.02. The fraction of sp³-hybridized carbons (Fsp3) is 0.222. The summed E-state index contributed by atoms with van der Waals surface area (Å²) >= 11 is 0. The van der Waals surface area contributed by atoms with Crippen molar-refractivity contribution >= 4 is 0 Å². The van der Waals surface area contributed by atoms with E-state index in [4.69, 9.17) is 15.0 Å². The standard InChI is InChI=1S/C27H27N3/c1-16-10-12-22(14-19(16)4)25-28-26(23-13-11-17(2)20(5)15-23)30-27(29-25)24-9-7-8-18(3)21(24)6/h7-15H,1-6H3. The second-order valence-electron chi connectivity index (χ2n) is 8.15. The lowest BCUT2D eigenvalue weighted by atomic mass is 10.0. The number of hydrogen-bond acceptors (Lipinski definition) is 3. The van der Waals surface area contributed by atoms with Gasteiger partial charge < -0.3 is 0 Å². The molecule has 30 heavy (non-hydrogen) atoms. The van der Waals surface area contributed by atoms with Crippen LogP contribution in [-0.2, 0) is 0 Å². The SMILES string of the molecule is Cc1ccc(-c2nc(-c3ccc(C)c(C)c3)nc(-c3cccc(C)c3C)n2)cc1C. The first-order valence-corrected chi connectivity index (χ1v) is 10.3. The molecule has 4 aromatic rings. The minimum absolute atomic E-state index is 0.706. The third-order valence-electron chi connectivity index (χ3n) is 6.01. The Bertz CT molecular complexity index is 1190. The predicted octanol–water partition coefficient (Wildman–Crippen LogP) is 6.72. The van der Waals surface area contributed by atoms with Crippen molar-refractivity contribution < 1.29 is 0 Å². The molecule has 0 atom stereocenters. The van der Waals surface area contributed by atoms with Gasteiger partial charge in [0.25, 0.3) is 0 Å². The molecular formula is C27H27N3. The highest BCUT2D eigenvalue weighted by Gasteiger charge is 2.15. The van der Waals surface area contributed by atoms with Gasteiger partial charge in [-0.05, 0) is 87.1 Å². The van der Waals surface area contributed by atoms with Crippen LogP contribution >= 0.6 is 0 Å². The van der Waals surface area contributed by atoms with Gasteiger partial charge in [0.1, 0.15) is 0 Å². The van der Waals surface area contributed by atoms with Crippen molar-refractivity contribution in [2.45, 2.75) is 41.5 Å². The summed E-state index contributed by atoms with van der Waals surface area (Å²) in [5, 5.41) is 0. The molecule has 1 heterocycles. The monoisotopic (exact) mass is 393 g/mol. The first-order valence-electron chi connectivity index (χ1n) is 10.3. The Morgan fingerprint density at radius 3 is 1.47 bits per heavy atom. The van der Waals surface area contributed by atoms with E-state index in [9.17, 15) is 0 Å². The van der Waals surface area contributed by atoms with Gasteiger partial charge in [-0.1, -0.05) is 42.5 Å². The topological polar surface area (TPSA) is 38.7 Å². The number of aryl methyl sites for hydroxylation is 5. The minimum Gasteiger partial charge on any atom is -0.208 e. The van der Waals surface area contributed by atoms with Crippen LogP contribution in [0.15, 0.2) is 54.6 Å². The zero-order valence-corrected chi connectivity index (χ0v) is 18.5. The van der Waals surface area contributed by atoms with Crippen LogP contribution in [0, 0.1) is 41.5 Å². The maximum atomic E-state index is 4.89. The number of nitrogens with zero attached hydrogens (tertiary/aromatic N) is 3. The van der Waals surface area contributed by atoms with Crippen LogP contribution < -0.4 is 0 Å². The Morgan fingerprint density at radius 2 is 0.967 bits per heavy atom. The fourth-order valence-electron chi connectivity index (χ4n) is 3.51. The van der Waals surface area contributed by atoms with Crippen molar-refractivity contribution in [1.82, 2.24) is 15.0 Å². The van der Waals surface area contributed by atoms with Gasteiger partial charge in [-0.3, -0.25) is 0 Å². The summed E-state index contributed by atoms with van der Waals surface area (Å²) in [5.41, 5.74) is 10.5. The van der Waals surface area contributed by atoms with Gasteiger partial charge in [-0.15, -0.1) is 0 Å². The maximum Gasteiger partial charge on any atom is 0.164 e. The largest absolute Gasteiger partial charge is 0.208 e. The molecule has 0 bridgehead atoms. The van der Waals surface area contributed by atoms with Crippen LogP contribution in [0.5, 0.6) is 0 Å². The van der Waals surface area contributed by atoms with Crippen molar-refractivity contribution in [2.75, 3.05) is 0 Å². The first kappa shape index (κ1) is 20.0. The summed E-state index contributed by atoms with van der Waals surface area (Å²) in [6, 6.07) is 19.0. The molecule has 3 aromatic carbocycles. The Hall–Kier alpha value is -3.33. The zero-order chi connectivity index (χ0) is 21.4. The highest BCUT2D eigenvalue weighted by atomic mass is 15.0. The summed E-state index contributed by atoms with van der Waals surface area (Å²) < 4.78 is 0. The van der Waals surface area contributed by atoms with E-state index in [0.717, 1.165) is 16.7 Å². The molecule has 150 valence electrons. The molecular weight excluding hydrogens is 366 g/mol. The van der Waals surface area contributed by atoms with E-state index in [1.54, 1.807) is 0 Å². The van der Waals surface area contributed by atoms with E-state index < -0.39 is 0 Å². The molecule has 0 amide bonds. The summed E-state index contributed by atoms with van der Waals surface area (Å²) in [6.45, 7) is 12.7. The second-order valence-corrected chi connectivity index (χ2v) is 8.15. The molecule has 0 aliphatic carbocycles. The Balaban J connectivity index is 1.97. The molecule has 0 unspecified atom stereocenters. The summed E-state index contributed by atoms with van der Waals surface area (Å²) in [5.74, 6) is 2.13. The third kappa shape index (κ3) is 3.76. The van der Waals surface area contributed by atoms with E-state index in [0.29, 0.717) is 17.5 Å². The van der Waals surface area contributed by atoms with Crippen LogP contribution in [0.4, 0.5) is 0 Å². The molecule has 0 saturated heterocycles. The predicted molar refractivity (Wildman–Crippen MR) is 125 cm³/mol. The summed E-state index contributed by atoms with van der Waals surface area (Å²) in [4.78, 5) is 14.7. The molecule has 0 N–H and O–H groups in total. The molecule has 0 fully saturated rings. The molecule has 1 aromatic heterocycles. The van der Waals surface area contributed by atoms with Crippen molar-refractivity contribution in [2.24, 2.45) is 0 Å². The van der Waals surface area contributed by atoms with Gasteiger partial charge in [0.15, 0.2) is 17.5 Å². The Kier molecular flexibility index (Phi) is 5.21. The number of aromatic nitrogens is 3. The average Bonchev–Trinajstić information content (AvgIpc) is 2.73. The van der Waals surface area contributed by atoms with Crippen molar-refractivity contribution in [1.29, 1.82) is 0 Å². The van der Waals surface area contributed by atoms with Gasteiger partial charge in [-0.25, -0.2) is 15.0 Å². The van der Waals surface area contributed by atoms with Gasteiger partial charge >= 0.3 is 0 Å². The average molecular weight is 394 g/mol. The van der Waals surface area contributed by atoms with Crippen molar-refractivity contribution in [3.05, 3.63) is 88.0 Å². The first-order chi connectivity index (χ1) is 14.3. The molecule has 3 heteroatoms. The Morgan fingerprint density at radius 1 is 0.467 bits per heavy atom. The van der Waals surface area contributed by atoms with Crippen LogP contribution in [0.1, 0.15) is 33.4 Å². The van der Waals surface area contributed by atoms with Crippen LogP contribution in [-0.4, -0.2) is 15.0 Å². The highest BCUT2D eigenvalue weighted by Crippen LogP contribution is 2.28. The summed E-state index contributed by atoms with van der Waals surface area (Å²) in [7, 11) is 0. The van der Waals surface area contributed by atoms with E-state index in [-0.39, 0.29) is 0 Å². The number of benzene rings is 3. The van der Waals surface area contributed by atoms with Crippen LogP contribution in [0.25, 0.3) is 34.2 Å². The van der Waals surface area contributed by atoms with Crippen molar-refractivity contribution in [3.8, 4) is 34.2 Å². The van der Waals surface area contributed by atoms with Gasteiger partial charge in [0.05, 0.1) is 0 Å². The Labute approximate surface area is 178 Å². The number of hydrogen-bond donors (Lipinski definition) is 0. The third-order valence-corrected chi connectivity index (χ3v) is 6.01. The summed E-state index contributed by atoms with van der Waals surface area (Å²) in [6.07, 6.45) is 0. The minimum atomic E-state index is 0.706. The van der Waals surface area contributed by atoms with Crippen molar-refractivity contribution in [3.63, 3.8) is 0 Å². The quantitative estimate of drug-likeness (QED) is 0.388. The van der Waals surface area contributed by atoms with Crippen LogP contribution in [0.2, 0.25) is 0 Å². The molecule has 0 radical (unpaired) electrons. The molecule has 0 saturated carbocycles. The van der Waals surface area contributed by atoms with E-state index in [1.165, 1.54) is 33.4 Å². The van der Waals surface area contributed by atoms with E-state index >= 15 is 0 Å². The molecule has 0 spiro atoms. The normalized spacial score (nSPS) is 11.0. The fourth-order valence-corrected chi connectivity index (χ4v) is 3.51. The lowest BCUT2D eigenvalue weighted by molar-refractivity contribution is 1.07. The van der Waals surface area contributed by atoms with Gasteiger partial charge in [0.2, 0.25) is 0 Å². The van der Waals surface area contributed by atoms with Gasteiger partial charge in [-0.2, -0.15) is 0 Å². The second kappa shape index (κ2) is 7.83. The number of rotatable bonds is 3. The molecule has 3 nitrogen and oxygen atoms in total. The molecule has 0 aliphatic heterocycles. The molecule has 4 rings (SSSR count). The maximum absolute atomic E-state index is 4.89. The van der Waals surface area contributed by atoms with E-state index in [2.05, 4.69) is 96.1 Å². The van der Waals surface area contributed by atoms with Gasteiger partial charge in [0, 0.05) is 16.7 Å². The van der Waals surface area contributed by atoms with E-state index in [1.807, 2.05) is 0 Å². The highest BCUT2D eigenvalue weighted by molar-refractivity contribution is 5.69.